The van der Waals surface area contributed by atoms with Gasteiger partial charge in [0.15, 0.2) is 0 Å². The number of benzene rings is 2. The average Bonchev–Trinajstić information content (AvgIpc) is 2.62. The minimum atomic E-state index is -2.84. The molecular formula is C18H19F2NO4. The highest BCUT2D eigenvalue weighted by molar-refractivity contribution is 5.95. The first kappa shape index (κ1) is 18.5. The van der Waals surface area contributed by atoms with E-state index in [1.165, 1.54) is 26.4 Å². The summed E-state index contributed by atoms with van der Waals surface area (Å²) < 4.78 is 38.7. The van der Waals surface area contributed by atoms with Gasteiger partial charge in [0.25, 0.3) is 5.91 Å². The Kier molecular flexibility index (Phi) is 6.56. The van der Waals surface area contributed by atoms with E-state index in [4.69, 9.17) is 9.47 Å². The first-order valence-electron chi connectivity index (χ1n) is 7.57. The smallest absolute Gasteiger partial charge is 0.387 e. The van der Waals surface area contributed by atoms with Crippen molar-refractivity contribution in [1.82, 2.24) is 5.32 Å². The minimum absolute atomic E-state index is 0.103. The Morgan fingerprint density at radius 3 is 2.12 bits per heavy atom. The van der Waals surface area contributed by atoms with Crippen molar-refractivity contribution in [2.45, 2.75) is 13.0 Å². The van der Waals surface area contributed by atoms with Gasteiger partial charge >= 0.3 is 6.61 Å². The molecule has 0 saturated carbocycles. The summed E-state index contributed by atoms with van der Waals surface area (Å²) in [6.07, 6.45) is 0.557. The molecule has 5 nitrogen and oxygen atoms in total. The highest BCUT2D eigenvalue weighted by Gasteiger charge is 2.09. The molecule has 0 fully saturated rings. The molecule has 2 rings (SSSR count). The molecule has 0 spiro atoms. The maximum Gasteiger partial charge on any atom is 0.387 e. The van der Waals surface area contributed by atoms with Crippen LogP contribution in [0.25, 0.3) is 0 Å². The topological polar surface area (TPSA) is 56.8 Å². The molecular weight excluding hydrogens is 332 g/mol. The van der Waals surface area contributed by atoms with E-state index in [2.05, 4.69) is 10.1 Å². The molecule has 0 heterocycles. The second kappa shape index (κ2) is 8.86. The van der Waals surface area contributed by atoms with E-state index in [1.54, 1.807) is 30.3 Å². The van der Waals surface area contributed by atoms with Gasteiger partial charge in [-0.2, -0.15) is 8.78 Å². The fraction of sp³-hybridized carbons (Fsp3) is 0.278. The molecule has 0 bridgehead atoms. The van der Waals surface area contributed by atoms with Crippen molar-refractivity contribution in [3.05, 3.63) is 53.6 Å². The third-order valence-corrected chi connectivity index (χ3v) is 3.46. The van der Waals surface area contributed by atoms with Crippen LogP contribution in [0.15, 0.2) is 42.5 Å². The monoisotopic (exact) mass is 351 g/mol. The quantitative estimate of drug-likeness (QED) is 0.793. The normalized spacial score (nSPS) is 10.4. The van der Waals surface area contributed by atoms with Crippen molar-refractivity contribution >= 4 is 5.91 Å². The molecule has 134 valence electrons. The average molecular weight is 351 g/mol. The van der Waals surface area contributed by atoms with Gasteiger partial charge in [0.05, 0.1) is 14.2 Å². The lowest BCUT2D eigenvalue weighted by Gasteiger charge is -2.10. The largest absolute Gasteiger partial charge is 0.497 e. The Bertz CT molecular complexity index is 682. The van der Waals surface area contributed by atoms with Crippen molar-refractivity contribution in [3.8, 4) is 17.2 Å². The van der Waals surface area contributed by atoms with Gasteiger partial charge in [-0.25, -0.2) is 0 Å². The van der Waals surface area contributed by atoms with Crippen LogP contribution in [-0.2, 0) is 6.42 Å². The molecule has 0 aliphatic carbocycles. The molecule has 0 aromatic heterocycles. The summed E-state index contributed by atoms with van der Waals surface area (Å²) in [5.74, 6) is 0.902. The van der Waals surface area contributed by atoms with Crippen molar-refractivity contribution in [1.29, 1.82) is 0 Å². The van der Waals surface area contributed by atoms with Crippen molar-refractivity contribution < 1.29 is 27.8 Å². The standard InChI is InChI=1S/C18H19F2NO4/c1-23-15-9-13(10-16(11-15)24-2)17(22)21-8-7-12-3-5-14(6-4-12)25-18(19)20/h3-6,9-11,18H,7-8H2,1-2H3,(H,21,22). The fourth-order valence-corrected chi connectivity index (χ4v) is 2.20. The van der Waals surface area contributed by atoms with Crippen molar-refractivity contribution in [3.63, 3.8) is 0 Å². The lowest BCUT2D eigenvalue weighted by atomic mass is 10.1. The van der Waals surface area contributed by atoms with E-state index < -0.39 is 6.61 Å². The third-order valence-electron chi connectivity index (χ3n) is 3.46. The summed E-state index contributed by atoms with van der Waals surface area (Å²) >= 11 is 0. The zero-order valence-corrected chi connectivity index (χ0v) is 13.9. The van der Waals surface area contributed by atoms with E-state index in [0.717, 1.165) is 5.56 Å². The summed E-state index contributed by atoms with van der Waals surface area (Å²) in [6.45, 7) is -2.45. The number of carbonyl (C=O) groups is 1. The summed E-state index contributed by atoms with van der Waals surface area (Å²) in [6, 6.07) is 11.2. The number of amides is 1. The Balaban J connectivity index is 1.90. The number of hydrogen-bond donors (Lipinski definition) is 1. The zero-order valence-electron chi connectivity index (χ0n) is 13.9. The Morgan fingerprint density at radius 2 is 1.60 bits per heavy atom. The zero-order chi connectivity index (χ0) is 18.2. The predicted octanol–water partition coefficient (Wildman–Crippen LogP) is 3.28. The fourth-order valence-electron chi connectivity index (χ4n) is 2.20. The van der Waals surface area contributed by atoms with Crippen LogP contribution in [0, 0.1) is 0 Å². The lowest BCUT2D eigenvalue weighted by molar-refractivity contribution is -0.0498. The van der Waals surface area contributed by atoms with Crippen LogP contribution in [0.4, 0.5) is 8.78 Å². The highest BCUT2D eigenvalue weighted by atomic mass is 19.3. The molecule has 0 aliphatic heterocycles. The molecule has 0 atom stereocenters. The lowest BCUT2D eigenvalue weighted by Crippen LogP contribution is -2.25. The first-order valence-corrected chi connectivity index (χ1v) is 7.57. The van der Waals surface area contributed by atoms with E-state index in [-0.39, 0.29) is 11.7 Å². The Labute approximate surface area is 144 Å². The van der Waals surface area contributed by atoms with E-state index in [0.29, 0.717) is 30.0 Å². The number of ether oxygens (including phenoxy) is 3. The van der Waals surface area contributed by atoms with Gasteiger partial charge in [-0.3, -0.25) is 4.79 Å². The van der Waals surface area contributed by atoms with Crippen LogP contribution in [-0.4, -0.2) is 33.3 Å². The van der Waals surface area contributed by atoms with Gasteiger partial charge < -0.3 is 19.5 Å². The number of hydrogen-bond acceptors (Lipinski definition) is 4. The SMILES string of the molecule is COc1cc(OC)cc(C(=O)NCCc2ccc(OC(F)F)cc2)c1. The van der Waals surface area contributed by atoms with Gasteiger partial charge in [0.1, 0.15) is 17.2 Å². The molecule has 0 radical (unpaired) electrons. The number of alkyl halides is 2. The maximum atomic E-state index is 12.2. The number of nitrogens with one attached hydrogen (secondary N) is 1. The van der Waals surface area contributed by atoms with E-state index in [1.807, 2.05) is 0 Å². The van der Waals surface area contributed by atoms with Crippen molar-refractivity contribution in [2.75, 3.05) is 20.8 Å². The molecule has 2 aromatic rings. The van der Waals surface area contributed by atoms with Crippen LogP contribution in [0.5, 0.6) is 17.2 Å². The number of methoxy groups -OCH3 is 2. The van der Waals surface area contributed by atoms with Crippen LogP contribution >= 0.6 is 0 Å². The molecule has 0 aliphatic rings. The molecule has 2 aromatic carbocycles. The molecule has 1 amide bonds. The minimum Gasteiger partial charge on any atom is -0.497 e. The molecule has 25 heavy (non-hydrogen) atoms. The van der Waals surface area contributed by atoms with Gasteiger partial charge in [-0.1, -0.05) is 12.1 Å². The second-order valence-corrected chi connectivity index (χ2v) is 5.13. The molecule has 0 unspecified atom stereocenters. The number of carbonyl (C=O) groups excluding carboxylic acids is 1. The predicted molar refractivity (Wildman–Crippen MR) is 88.7 cm³/mol. The highest BCUT2D eigenvalue weighted by Crippen LogP contribution is 2.22. The second-order valence-electron chi connectivity index (χ2n) is 5.13. The Morgan fingerprint density at radius 1 is 1.00 bits per heavy atom. The van der Waals surface area contributed by atoms with E-state index in [9.17, 15) is 13.6 Å². The van der Waals surface area contributed by atoms with Crippen LogP contribution in [0.1, 0.15) is 15.9 Å². The maximum absolute atomic E-state index is 12.2. The summed E-state index contributed by atoms with van der Waals surface area (Å²) in [5, 5.41) is 2.80. The summed E-state index contributed by atoms with van der Waals surface area (Å²) in [5.41, 5.74) is 1.32. The van der Waals surface area contributed by atoms with Gasteiger partial charge in [0, 0.05) is 18.2 Å². The van der Waals surface area contributed by atoms with Gasteiger partial charge in [-0.05, 0) is 36.2 Å². The molecule has 7 heteroatoms. The van der Waals surface area contributed by atoms with Crippen LogP contribution in [0.2, 0.25) is 0 Å². The number of rotatable bonds is 8. The van der Waals surface area contributed by atoms with Gasteiger partial charge in [0.2, 0.25) is 0 Å². The van der Waals surface area contributed by atoms with Gasteiger partial charge in [-0.15, -0.1) is 0 Å². The van der Waals surface area contributed by atoms with Crippen LogP contribution < -0.4 is 19.5 Å². The van der Waals surface area contributed by atoms with Crippen molar-refractivity contribution in [2.24, 2.45) is 0 Å². The summed E-state index contributed by atoms with van der Waals surface area (Å²) in [7, 11) is 3.02. The first-order chi connectivity index (χ1) is 12.0. The third kappa shape index (κ3) is 5.63. The van der Waals surface area contributed by atoms with E-state index >= 15 is 0 Å². The Hall–Kier alpha value is -2.83. The molecule has 0 saturated heterocycles. The number of halogens is 2. The molecule has 1 N–H and O–H groups in total. The van der Waals surface area contributed by atoms with Crippen LogP contribution in [0.3, 0.4) is 0 Å². The summed E-state index contributed by atoms with van der Waals surface area (Å²) in [4.78, 5) is 12.2.